The highest BCUT2D eigenvalue weighted by Gasteiger charge is 2.18. The number of nitrogens with zero attached hydrogens (tertiary/aromatic N) is 5. The second kappa shape index (κ2) is 9.15. The number of carbonyl (C=O) groups is 1. The predicted octanol–water partition coefficient (Wildman–Crippen LogP) is 3.63. The molecule has 176 valence electrons. The highest BCUT2D eigenvalue weighted by atomic mass is 35.5. The van der Waals surface area contributed by atoms with Gasteiger partial charge in [-0.15, -0.1) is 5.10 Å². The van der Waals surface area contributed by atoms with Crippen molar-refractivity contribution in [1.29, 1.82) is 0 Å². The number of aryl methyl sites for hydroxylation is 1. The van der Waals surface area contributed by atoms with E-state index in [1.165, 1.54) is 22.6 Å². The van der Waals surface area contributed by atoms with E-state index in [0.717, 1.165) is 15.8 Å². The number of halogens is 2. The molecule has 1 N–H and O–H groups in total. The Morgan fingerprint density at radius 1 is 1.17 bits per heavy atom. The summed E-state index contributed by atoms with van der Waals surface area (Å²) >= 11 is 5.99. The number of amides is 1. The van der Waals surface area contributed by atoms with Crippen molar-refractivity contribution in [3.05, 3.63) is 93.2 Å². The number of nitrogens with one attached hydrogen (secondary N) is 1. The minimum atomic E-state index is -0.504. The first-order chi connectivity index (χ1) is 16.9. The molecule has 0 radical (unpaired) electrons. The van der Waals surface area contributed by atoms with Gasteiger partial charge in [0.1, 0.15) is 12.4 Å². The quantitative estimate of drug-likeness (QED) is 0.388. The molecule has 3 aromatic heterocycles. The van der Waals surface area contributed by atoms with Crippen molar-refractivity contribution in [3.63, 3.8) is 0 Å². The summed E-state index contributed by atoms with van der Waals surface area (Å²) in [5, 5.41) is 11.2. The second-order valence-corrected chi connectivity index (χ2v) is 8.27. The molecule has 35 heavy (non-hydrogen) atoms. The van der Waals surface area contributed by atoms with Crippen LogP contribution in [0.4, 0.5) is 4.39 Å². The second-order valence-electron chi connectivity index (χ2n) is 7.86. The van der Waals surface area contributed by atoms with Crippen LogP contribution in [0.2, 0.25) is 5.02 Å². The molecule has 0 aliphatic heterocycles. The molecular weight excluding hydrogens is 475 g/mol. The third-order valence-corrected chi connectivity index (χ3v) is 5.68. The number of pyridine rings is 1. The largest absolute Gasteiger partial charge is 0.350 e. The lowest BCUT2D eigenvalue weighted by molar-refractivity contribution is -0.122. The fourth-order valence-corrected chi connectivity index (χ4v) is 3.83. The van der Waals surface area contributed by atoms with Crippen molar-refractivity contribution in [2.75, 3.05) is 0 Å². The van der Waals surface area contributed by atoms with Gasteiger partial charge in [0.25, 0.3) is 5.89 Å². The summed E-state index contributed by atoms with van der Waals surface area (Å²) < 4.78 is 21.0. The van der Waals surface area contributed by atoms with E-state index in [4.69, 9.17) is 16.1 Å². The Labute approximate surface area is 202 Å². The van der Waals surface area contributed by atoms with Gasteiger partial charge in [-0.3, -0.25) is 4.79 Å². The van der Waals surface area contributed by atoms with Gasteiger partial charge in [-0.2, -0.15) is 4.98 Å². The summed E-state index contributed by atoms with van der Waals surface area (Å²) in [7, 11) is 0. The van der Waals surface area contributed by atoms with E-state index in [-0.39, 0.29) is 29.7 Å². The van der Waals surface area contributed by atoms with Gasteiger partial charge in [0.05, 0.1) is 5.56 Å². The first kappa shape index (κ1) is 22.5. The first-order valence-corrected chi connectivity index (χ1v) is 11.0. The maximum atomic E-state index is 13.2. The minimum Gasteiger partial charge on any atom is -0.350 e. The lowest BCUT2D eigenvalue weighted by atomic mass is 10.1. The van der Waals surface area contributed by atoms with Crippen LogP contribution in [0.3, 0.4) is 0 Å². The number of hydrogen-bond donors (Lipinski definition) is 1. The van der Waals surface area contributed by atoms with Crippen LogP contribution in [-0.2, 0) is 17.9 Å². The average Bonchev–Trinajstić information content (AvgIpc) is 3.44. The summed E-state index contributed by atoms with van der Waals surface area (Å²) in [5.41, 5.74) is 2.62. The topological polar surface area (TPSA) is 107 Å². The zero-order chi connectivity index (χ0) is 24.5. The van der Waals surface area contributed by atoms with Crippen molar-refractivity contribution >= 4 is 23.2 Å². The smallest absolute Gasteiger partial charge is 0.350 e. The summed E-state index contributed by atoms with van der Waals surface area (Å²) in [5.74, 6) is -0.327. The zero-order valence-electron chi connectivity index (χ0n) is 18.4. The number of rotatable bonds is 6. The Kier molecular flexibility index (Phi) is 5.87. The maximum absolute atomic E-state index is 13.2. The monoisotopic (exact) mass is 492 g/mol. The Morgan fingerprint density at radius 3 is 2.83 bits per heavy atom. The van der Waals surface area contributed by atoms with Gasteiger partial charge in [-0.25, -0.2) is 18.3 Å². The summed E-state index contributed by atoms with van der Waals surface area (Å²) in [6.07, 6.45) is 1.54. The molecule has 2 aromatic carbocycles. The third kappa shape index (κ3) is 4.56. The molecule has 0 bridgehead atoms. The SMILES string of the molecule is Cc1cccc(-c2noc(-c3cccn4c(=O)n(CC(=O)NCc5ccc(F)cc5Cl)nc34)n2)c1. The van der Waals surface area contributed by atoms with Gasteiger partial charge in [-0.1, -0.05) is 46.6 Å². The van der Waals surface area contributed by atoms with Gasteiger partial charge >= 0.3 is 5.69 Å². The molecule has 0 aliphatic carbocycles. The van der Waals surface area contributed by atoms with Crippen LogP contribution in [0, 0.1) is 12.7 Å². The fourth-order valence-electron chi connectivity index (χ4n) is 3.59. The molecule has 0 saturated carbocycles. The maximum Gasteiger partial charge on any atom is 0.350 e. The van der Waals surface area contributed by atoms with Crippen LogP contribution in [0.5, 0.6) is 0 Å². The molecule has 0 atom stereocenters. The van der Waals surface area contributed by atoms with Crippen LogP contribution in [0.1, 0.15) is 11.1 Å². The molecule has 1 amide bonds. The number of benzene rings is 2. The van der Waals surface area contributed by atoms with E-state index in [1.807, 2.05) is 31.2 Å². The minimum absolute atomic E-state index is 0.0784. The zero-order valence-corrected chi connectivity index (χ0v) is 19.2. The van der Waals surface area contributed by atoms with Crippen molar-refractivity contribution in [3.8, 4) is 22.8 Å². The van der Waals surface area contributed by atoms with E-state index in [2.05, 4.69) is 20.6 Å². The summed E-state index contributed by atoms with van der Waals surface area (Å²) in [4.78, 5) is 29.7. The van der Waals surface area contributed by atoms with Gasteiger partial charge < -0.3 is 9.84 Å². The standard InChI is InChI=1S/C24H18ClFN6O3/c1-14-4-2-5-15(10-14)21-28-23(35-30-21)18-6-3-9-31-22(18)29-32(24(31)34)13-20(33)27-12-16-7-8-17(26)11-19(16)25/h2-11H,12-13H2,1H3,(H,27,33). The Balaban J connectivity index is 1.39. The van der Waals surface area contributed by atoms with Crippen LogP contribution in [-0.4, -0.2) is 30.2 Å². The molecule has 5 rings (SSSR count). The highest BCUT2D eigenvalue weighted by molar-refractivity contribution is 6.31. The van der Waals surface area contributed by atoms with Crippen molar-refractivity contribution in [2.24, 2.45) is 0 Å². The normalized spacial score (nSPS) is 11.2. The van der Waals surface area contributed by atoms with E-state index in [0.29, 0.717) is 17.0 Å². The lowest BCUT2D eigenvalue weighted by Gasteiger charge is -2.06. The average molecular weight is 493 g/mol. The van der Waals surface area contributed by atoms with Crippen LogP contribution >= 0.6 is 11.6 Å². The van der Waals surface area contributed by atoms with E-state index >= 15 is 0 Å². The first-order valence-electron chi connectivity index (χ1n) is 10.6. The van der Waals surface area contributed by atoms with Crippen LogP contribution in [0.15, 0.2) is 70.1 Å². The van der Waals surface area contributed by atoms with E-state index in [9.17, 15) is 14.0 Å². The summed E-state index contributed by atoms with van der Waals surface area (Å²) in [6, 6.07) is 14.9. The van der Waals surface area contributed by atoms with Crippen LogP contribution < -0.4 is 11.0 Å². The van der Waals surface area contributed by atoms with E-state index < -0.39 is 17.4 Å². The van der Waals surface area contributed by atoms with Crippen LogP contribution in [0.25, 0.3) is 28.5 Å². The fraction of sp³-hybridized carbons (Fsp3) is 0.125. The molecule has 3 heterocycles. The van der Waals surface area contributed by atoms with Gasteiger partial charge in [0.2, 0.25) is 11.7 Å². The Bertz CT molecular complexity index is 1620. The van der Waals surface area contributed by atoms with Crippen molar-refractivity contribution < 1.29 is 13.7 Å². The van der Waals surface area contributed by atoms with Crippen molar-refractivity contribution in [1.82, 2.24) is 29.6 Å². The molecule has 5 aromatic rings. The van der Waals surface area contributed by atoms with Gasteiger partial charge in [0, 0.05) is 23.3 Å². The third-order valence-electron chi connectivity index (χ3n) is 5.33. The molecule has 9 nitrogen and oxygen atoms in total. The molecule has 0 saturated heterocycles. The van der Waals surface area contributed by atoms with Gasteiger partial charge in [-0.05, 0) is 42.8 Å². The highest BCUT2D eigenvalue weighted by Crippen LogP contribution is 2.25. The Hall–Kier alpha value is -4.31. The van der Waals surface area contributed by atoms with E-state index in [1.54, 1.807) is 18.3 Å². The predicted molar refractivity (Wildman–Crippen MR) is 126 cm³/mol. The van der Waals surface area contributed by atoms with Crippen molar-refractivity contribution in [2.45, 2.75) is 20.0 Å². The Morgan fingerprint density at radius 2 is 2.03 bits per heavy atom. The van der Waals surface area contributed by atoms with Gasteiger partial charge in [0.15, 0.2) is 5.65 Å². The lowest BCUT2D eigenvalue weighted by Crippen LogP contribution is -2.32. The number of carbonyl (C=O) groups excluding carboxylic acids is 1. The number of fused-ring (bicyclic) bond motifs is 1. The molecule has 0 spiro atoms. The molecule has 0 aliphatic rings. The molecule has 0 fully saturated rings. The molecule has 0 unspecified atom stereocenters. The molecular formula is C24H18ClFN6O3. The number of aromatic nitrogens is 5. The molecule has 11 heteroatoms. The summed E-state index contributed by atoms with van der Waals surface area (Å²) in [6.45, 7) is 1.72. The number of hydrogen-bond acceptors (Lipinski definition) is 6.